The van der Waals surface area contributed by atoms with Crippen LogP contribution in [-0.4, -0.2) is 42.0 Å². The zero-order valence-corrected chi connectivity index (χ0v) is 13.0. The van der Waals surface area contributed by atoms with Gasteiger partial charge >= 0.3 is 0 Å². The van der Waals surface area contributed by atoms with Gasteiger partial charge in [0.2, 0.25) is 5.91 Å². The molecule has 0 fully saturated rings. The number of hydrogen-bond donors (Lipinski definition) is 2. The van der Waals surface area contributed by atoms with Gasteiger partial charge in [0.05, 0.1) is 19.8 Å². The maximum absolute atomic E-state index is 11.7. The van der Waals surface area contributed by atoms with Crippen LogP contribution in [0.3, 0.4) is 0 Å². The van der Waals surface area contributed by atoms with Crippen LogP contribution >= 0.6 is 11.8 Å². The molecule has 0 aromatic carbocycles. The van der Waals surface area contributed by atoms with Gasteiger partial charge in [-0.05, 0) is 12.8 Å². The molecule has 0 saturated carbocycles. The fraction of sp³-hybridized carbons (Fsp3) is 0.750. The monoisotopic (exact) mass is 287 g/mol. The number of thioether (sulfide) groups is 1. The molecule has 1 heterocycles. The maximum atomic E-state index is 11.7. The van der Waals surface area contributed by atoms with Gasteiger partial charge < -0.3 is 14.6 Å². The van der Waals surface area contributed by atoms with E-state index in [0.717, 1.165) is 0 Å². The van der Waals surface area contributed by atoms with Crippen molar-refractivity contribution in [2.24, 2.45) is 5.92 Å². The van der Waals surface area contributed by atoms with E-state index in [1.165, 1.54) is 16.7 Å². The molecule has 1 aromatic rings. The summed E-state index contributed by atoms with van der Waals surface area (Å²) in [4.78, 5) is 12.9. The average molecular weight is 287 g/mol. The number of hydrogen-bond acceptors (Lipinski definition) is 5. The van der Waals surface area contributed by atoms with Crippen LogP contribution < -0.4 is 10.2 Å². The Bertz CT molecular complexity index is 406. The summed E-state index contributed by atoms with van der Waals surface area (Å²) < 4.78 is 5.44. The molecule has 0 unspecified atom stereocenters. The number of amides is 1. The van der Waals surface area contributed by atoms with E-state index in [9.17, 15) is 4.79 Å². The number of quaternary nitrogens is 1. The van der Waals surface area contributed by atoms with E-state index < -0.39 is 0 Å². The van der Waals surface area contributed by atoms with E-state index in [2.05, 4.69) is 29.4 Å². The van der Waals surface area contributed by atoms with Crippen LogP contribution in [0.1, 0.15) is 26.7 Å². The predicted octanol–water partition coefficient (Wildman–Crippen LogP) is -0.0331. The zero-order valence-electron chi connectivity index (χ0n) is 12.2. The Morgan fingerprint density at radius 1 is 1.37 bits per heavy atom. The van der Waals surface area contributed by atoms with Crippen molar-refractivity contribution in [1.29, 1.82) is 0 Å². The van der Waals surface area contributed by atoms with Crippen molar-refractivity contribution in [2.75, 3.05) is 19.8 Å². The fourth-order valence-corrected chi connectivity index (χ4v) is 1.85. The van der Waals surface area contributed by atoms with E-state index >= 15 is 0 Å². The summed E-state index contributed by atoms with van der Waals surface area (Å²) >= 11 is 1.27. The lowest BCUT2D eigenvalue weighted by Crippen LogP contribution is -3.04. The molecule has 0 aliphatic carbocycles. The number of nitrogens with zero attached hydrogens (tertiary/aromatic N) is 2. The van der Waals surface area contributed by atoms with Gasteiger partial charge in [0, 0.05) is 6.04 Å². The Kier molecular flexibility index (Phi) is 6.30. The molecule has 0 radical (unpaired) electrons. The largest absolute Gasteiger partial charge is 0.410 e. The van der Waals surface area contributed by atoms with Crippen LogP contribution in [0.15, 0.2) is 9.64 Å². The first kappa shape index (κ1) is 16.0. The Hall–Kier alpha value is -1.08. The lowest BCUT2D eigenvalue weighted by molar-refractivity contribution is -0.874. The van der Waals surface area contributed by atoms with Gasteiger partial charge in [-0.3, -0.25) is 4.79 Å². The van der Waals surface area contributed by atoms with Gasteiger partial charge in [-0.2, -0.15) is 0 Å². The SMILES string of the molecule is CC(C)[C@H](C)NC(=O)CSc1nnc(C[NH+](C)C)o1. The normalized spacial score (nSPS) is 13.0. The minimum Gasteiger partial charge on any atom is -0.410 e. The third-order valence-corrected chi connectivity index (χ3v) is 3.49. The predicted molar refractivity (Wildman–Crippen MR) is 74.0 cm³/mol. The molecule has 0 spiro atoms. The van der Waals surface area contributed by atoms with Gasteiger partial charge in [0.1, 0.15) is 0 Å². The molecule has 1 atom stereocenters. The third-order valence-electron chi connectivity index (χ3n) is 2.67. The molecule has 7 heteroatoms. The van der Waals surface area contributed by atoms with Crippen molar-refractivity contribution in [3.05, 3.63) is 5.89 Å². The van der Waals surface area contributed by atoms with Crippen molar-refractivity contribution in [2.45, 2.75) is 38.6 Å². The Labute approximate surface area is 118 Å². The molecule has 0 bridgehead atoms. The van der Waals surface area contributed by atoms with Crippen molar-refractivity contribution in [3.8, 4) is 0 Å². The van der Waals surface area contributed by atoms with Gasteiger partial charge in [-0.25, -0.2) is 0 Å². The summed E-state index contributed by atoms with van der Waals surface area (Å²) in [5.41, 5.74) is 0. The number of rotatable bonds is 7. The Balaban J connectivity index is 2.36. The Morgan fingerprint density at radius 3 is 2.63 bits per heavy atom. The number of nitrogens with one attached hydrogen (secondary N) is 2. The number of aromatic nitrogens is 2. The van der Waals surface area contributed by atoms with E-state index in [0.29, 0.717) is 29.3 Å². The number of carbonyl (C=O) groups is 1. The molecule has 6 nitrogen and oxygen atoms in total. The maximum Gasteiger partial charge on any atom is 0.277 e. The van der Waals surface area contributed by atoms with Crippen molar-refractivity contribution in [3.63, 3.8) is 0 Å². The first-order valence-electron chi connectivity index (χ1n) is 6.42. The summed E-state index contributed by atoms with van der Waals surface area (Å²) in [6, 6.07) is 0.170. The van der Waals surface area contributed by atoms with Crippen molar-refractivity contribution < 1.29 is 14.1 Å². The first-order valence-corrected chi connectivity index (χ1v) is 7.40. The summed E-state index contributed by atoms with van der Waals surface area (Å²) in [6.45, 7) is 6.83. The zero-order chi connectivity index (χ0) is 14.4. The second-order valence-electron chi connectivity index (χ2n) is 5.23. The Morgan fingerprint density at radius 2 is 2.05 bits per heavy atom. The van der Waals surface area contributed by atoms with E-state index in [1.807, 2.05) is 21.0 Å². The summed E-state index contributed by atoms with van der Waals surface area (Å²) in [5.74, 6) is 1.31. The van der Waals surface area contributed by atoms with E-state index in [1.54, 1.807) is 0 Å². The molecule has 1 rings (SSSR count). The van der Waals surface area contributed by atoms with Crippen LogP contribution in [0.5, 0.6) is 0 Å². The lowest BCUT2D eigenvalue weighted by Gasteiger charge is -2.16. The lowest BCUT2D eigenvalue weighted by atomic mass is 10.1. The summed E-state index contributed by atoms with van der Waals surface area (Å²) in [7, 11) is 4.02. The summed E-state index contributed by atoms with van der Waals surface area (Å²) in [6.07, 6.45) is 0. The molecule has 0 saturated heterocycles. The molecule has 0 aliphatic rings. The molecular weight excluding hydrogens is 264 g/mol. The standard InChI is InChI=1S/C12H22N4O2S/c1-8(2)9(3)13-10(17)7-19-12-15-14-11(18-12)6-16(4)5/h8-9H,6-7H2,1-5H3,(H,13,17)/p+1/t9-/m0/s1. The van der Waals surface area contributed by atoms with Gasteiger partial charge in [0.25, 0.3) is 11.1 Å². The molecule has 1 aromatic heterocycles. The summed E-state index contributed by atoms with van der Waals surface area (Å²) in [5, 5.41) is 11.2. The number of carbonyl (C=O) groups excluding carboxylic acids is 1. The van der Waals surface area contributed by atoms with Gasteiger partial charge in [0.15, 0.2) is 6.54 Å². The molecule has 0 aliphatic heterocycles. The minimum absolute atomic E-state index is 0.0100. The highest BCUT2D eigenvalue weighted by Gasteiger charge is 2.14. The van der Waals surface area contributed by atoms with Crippen molar-refractivity contribution in [1.82, 2.24) is 15.5 Å². The molecule has 1 amide bonds. The topological polar surface area (TPSA) is 72.5 Å². The highest BCUT2D eigenvalue weighted by atomic mass is 32.2. The molecule has 2 N–H and O–H groups in total. The quantitative estimate of drug-likeness (QED) is 0.689. The average Bonchev–Trinajstić information content (AvgIpc) is 2.73. The van der Waals surface area contributed by atoms with E-state index in [4.69, 9.17) is 4.42 Å². The second kappa shape index (κ2) is 7.49. The first-order chi connectivity index (χ1) is 8.88. The molecular formula is C12H23N4O2S+. The fourth-order valence-electron chi connectivity index (χ4n) is 1.26. The van der Waals surface area contributed by atoms with Crippen LogP contribution in [0.4, 0.5) is 0 Å². The minimum atomic E-state index is -0.0100. The van der Waals surface area contributed by atoms with Crippen LogP contribution in [0, 0.1) is 5.92 Å². The highest BCUT2D eigenvalue weighted by Crippen LogP contribution is 2.15. The smallest absolute Gasteiger partial charge is 0.277 e. The molecule has 108 valence electrons. The third kappa shape index (κ3) is 6.07. The van der Waals surface area contributed by atoms with Crippen LogP contribution in [0.25, 0.3) is 0 Å². The van der Waals surface area contributed by atoms with Crippen molar-refractivity contribution >= 4 is 17.7 Å². The van der Waals surface area contributed by atoms with Crippen LogP contribution in [-0.2, 0) is 11.3 Å². The second-order valence-corrected chi connectivity index (χ2v) is 6.16. The van der Waals surface area contributed by atoms with Gasteiger partial charge in [-0.1, -0.05) is 25.6 Å². The highest BCUT2D eigenvalue weighted by molar-refractivity contribution is 7.99. The molecule has 19 heavy (non-hydrogen) atoms. The van der Waals surface area contributed by atoms with E-state index in [-0.39, 0.29) is 11.9 Å². The van der Waals surface area contributed by atoms with Crippen LogP contribution in [0.2, 0.25) is 0 Å². The van der Waals surface area contributed by atoms with Gasteiger partial charge in [-0.15, -0.1) is 10.2 Å².